The Balaban J connectivity index is 1.57. The molecule has 13 heteroatoms. The van der Waals surface area contributed by atoms with Crippen LogP contribution in [0, 0.1) is 3.57 Å². The number of benzene rings is 3. The quantitative estimate of drug-likeness (QED) is 0.201. The summed E-state index contributed by atoms with van der Waals surface area (Å²) in [5.74, 6) is -0.0383. The zero-order chi connectivity index (χ0) is 31.7. The number of carboxylic acid groups (broad SMARTS) is 1. The number of ether oxygens (including phenoxy) is 5. The molecule has 2 aliphatic heterocycles. The van der Waals surface area contributed by atoms with Crippen molar-refractivity contribution in [2.45, 2.75) is 13.0 Å². The molecule has 1 atom stereocenters. The molecule has 4 aromatic rings. The van der Waals surface area contributed by atoms with Crippen LogP contribution in [0.15, 0.2) is 76.0 Å². The van der Waals surface area contributed by atoms with Gasteiger partial charge in [-0.25, -0.2) is 14.6 Å². The molecule has 230 valence electrons. The predicted molar refractivity (Wildman–Crippen MR) is 172 cm³/mol. The van der Waals surface area contributed by atoms with E-state index in [4.69, 9.17) is 33.8 Å². The summed E-state index contributed by atoms with van der Waals surface area (Å²) in [6.07, 6.45) is 1.70. The molecule has 0 aliphatic carbocycles. The minimum Gasteiger partial charge on any atom is -0.493 e. The van der Waals surface area contributed by atoms with Crippen LogP contribution in [-0.2, 0) is 14.3 Å². The van der Waals surface area contributed by atoms with E-state index in [1.807, 2.05) is 52.9 Å². The van der Waals surface area contributed by atoms with Gasteiger partial charge in [-0.1, -0.05) is 47.7 Å². The smallest absolute Gasteiger partial charge is 0.341 e. The molecule has 0 saturated heterocycles. The summed E-state index contributed by atoms with van der Waals surface area (Å²) in [5.41, 5.74) is 2.19. The number of carbonyl (C=O) groups excluding carboxylic acids is 1. The number of carbonyl (C=O) groups is 2. The highest BCUT2D eigenvalue weighted by atomic mass is 127. The van der Waals surface area contributed by atoms with Crippen LogP contribution in [0.4, 0.5) is 0 Å². The third kappa shape index (κ3) is 5.92. The van der Waals surface area contributed by atoms with Gasteiger partial charge in [0.05, 0.1) is 39.1 Å². The zero-order valence-electron chi connectivity index (χ0n) is 23.9. The minimum atomic E-state index is -1.12. The Morgan fingerprint density at radius 1 is 1.13 bits per heavy atom. The van der Waals surface area contributed by atoms with E-state index in [2.05, 4.69) is 0 Å². The lowest BCUT2D eigenvalue weighted by molar-refractivity contribution is -0.140. The first-order valence-corrected chi connectivity index (χ1v) is 15.6. The summed E-state index contributed by atoms with van der Waals surface area (Å²) >= 11 is 3.20. The van der Waals surface area contributed by atoms with Gasteiger partial charge in [-0.05, 0) is 71.0 Å². The van der Waals surface area contributed by atoms with Crippen molar-refractivity contribution in [1.82, 2.24) is 4.57 Å². The lowest BCUT2D eigenvalue weighted by Crippen LogP contribution is -2.40. The molecule has 3 aromatic carbocycles. The summed E-state index contributed by atoms with van der Waals surface area (Å²) in [5, 5.41) is 9.05. The maximum Gasteiger partial charge on any atom is 0.341 e. The van der Waals surface area contributed by atoms with E-state index in [9.17, 15) is 14.4 Å². The van der Waals surface area contributed by atoms with Gasteiger partial charge in [0.2, 0.25) is 6.79 Å². The molecule has 6 rings (SSSR count). The van der Waals surface area contributed by atoms with Crippen molar-refractivity contribution in [3.8, 4) is 23.0 Å². The number of carboxylic acids is 1. The average Bonchev–Trinajstić information content (AvgIpc) is 3.63. The average molecular weight is 741 g/mol. The van der Waals surface area contributed by atoms with Crippen LogP contribution in [0.5, 0.6) is 23.0 Å². The van der Waals surface area contributed by atoms with Gasteiger partial charge in [0.1, 0.15) is 0 Å². The van der Waals surface area contributed by atoms with E-state index in [0.717, 1.165) is 0 Å². The number of aromatic nitrogens is 1. The molecule has 1 N–H and O–H groups in total. The SMILES string of the molecule is CCOC(=O)C1=C(c2ccccc2)N=c2s/c(=C\c3cc(I)c(OCC(=O)O)c(OC)c3)c(=O)n2[C@@H]1c1ccc2c(c1)OCO2. The minimum absolute atomic E-state index is 0.0692. The molecule has 0 radical (unpaired) electrons. The highest BCUT2D eigenvalue weighted by Crippen LogP contribution is 2.40. The maximum absolute atomic E-state index is 14.2. The number of rotatable bonds is 9. The number of aliphatic carboxylic acids is 1. The van der Waals surface area contributed by atoms with Crippen molar-refractivity contribution >= 4 is 57.6 Å². The summed E-state index contributed by atoms with van der Waals surface area (Å²) < 4.78 is 30.0. The van der Waals surface area contributed by atoms with E-state index in [1.165, 1.54) is 23.0 Å². The topological polar surface area (TPSA) is 135 Å². The molecule has 3 heterocycles. The van der Waals surface area contributed by atoms with Crippen molar-refractivity contribution in [1.29, 1.82) is 0 Å². The standard InChI is InChI=1S/C32H25IN2O9S/c1-3-41-31(39)26-27(18-7-5-4-6-8-18)34-32-35(28(26)19-9-10-21-22(14-19)44-16-43-21)30(38)24(45-32)13-17-11-20(33)29(23(12-17)40-2)42-15-25(36)37/h4-14,28H,3,15-16H2,1-2H3,(H,36,37)/b24-13-/t28-/m1/s1. The van der Waals surface area contributed by atoms with Crippen molar-refractivity contribution < 1.29 is 38.4 Å². The lowest BCUT2D eigenvalue weighted by Gasteiger charge is -2.26. The fraction of sp³-hybridized carbons (Fsp3) is 0.188. The second kappa shape index (κ2) is 12.8. The second-order valence-corrected chi connectivity index (χ2v) is 11.9. The molecule has 0 saturated carbocycles. The van der Waals surface area contributed by atoms with E-state index in [-0.39, 0.29) is 30.3 Å². The van der Waals surface area contributed by atoms with Crippen LogP contribution in [0.25, 0.3) is 11.8 Å². The molecule has 11 nitrogen and oxygen atoms in total. The normalized spacial score (nSPS) is 15.4. The summed E-state index contributed by atoms with van der Waals surface area (Å²) in [7, 11) is 1.45. The van der Waals surface area contributed by atoms with Crippen LogP contribution in [0.1, 0.15) is 29.7 Å². The van der Waals surface area contributed by atoms with Gasteiger partial charge < -0.3 is 28.8 Å². The summed E-state index contributed by atoms with van der Waals surface area (Å²) in [6.45, 7) is 1.39. The number of esters is 1. The molecule has 0 amide bonds. The third-order valence-electron chi connectivity index (χ3n) is 6.98. The third-order valence-corrected chi connectivity index (χ3v) is 8.76. The van der Waals surface area contributed by atoms with E-state index in [1.54, 1.807) is 43.3 Å². The number of nitrogens with zero attached hydrogens (tertiary/aromatic N) is 2. The largest absolute Gasteiger partial charge is 0.493 e. The van der Waals surface area contributed by atoms with Gasteiger partial charge in [-0.2, -0.15) is 0 Å². The van der Waals surface area contributed by atoms with Gasteiger partial charge in [-0.3, -0.25) is 9.36 Å². The van der Waals surface area contributed by atoms with Gasteiger partial charge in [-0.15, -0.1) is 0 Å². The van der Waals surface area contributed by atoms with Crippen LogP contribution in [-0.4, -0.2) is 48.7 Å². The maximum atomic E-state index is 14.2. The second-order valence-electron chi connectivity index (χ2n) is 9.76. The van der Waals surface area contributed by atoms with Crippen LogP contribution in [0.3, 0.4) is 0 Å². The molecular formula is C32H25IN2O9S. The summed E-state index contributed by atoms with van der Waals surface area (Å²) in [4.78, 5) is 44.2. The first kappa shape index (κ1) is 30.4. The fourth-order valence-electron chi connectivity index (χ4n) is 5.09. The van der Waals surface area contributed by atoms with Crippen molar-refractivity contribution in [3.05, 3.63) is 106 Å². The molecule has 0 fully saturated rings. The molecule has 1 aromatic heterocycles. The number of hydrogen-bond acceptors (Lipinski definition) is 10. The van der Waals surface area contributed by atoms with Crippen molar-refractivity contribution in [2.75, 3.05) is 27.1 Å². The van der Waals surface area contributed by atoms with Crippen LogP contribution in [0.2, 0.25) is 0 Å². The van der Waals surface area contributed by atoms with Gasteiger partial charge in [0.25, 0.3) is 5.56 Å². The van der Waals surface area contributed by atoms with Gasteiger partial charge >= 0.3 is 11.9 Å². The molecule has 0 unspecified atom stereocenters. The van der Waals surface area contributed by atoms with Gasteiger partial charge in [0.15, 0.2) is 34.4 Å². The van der Waals surface area contributed by atoms with Crippen molar-refractivity contribution in [3.63, 3.8) is 0 Å². The Labute approximate surface area is 273 Å². The number of halogens is 1. The molecule has 45 heavy (non-hydrogen) atoms. The van der Waals surface area contributed by atoms with Crippen LogP contribution >= 0.6 is 33.9 Å². The Hall–Kier alpha value is -4.63. The Bertz CT molecular complexity index is 2040. The van der Waals surface area contributed by atoms with E-state index in [0.29, 0.717) is 52.5 Å². The first-order chi connectivity index (χ1) is 21.8. The lowest BCUT2D eigenvalue weighted by atomic mass is 9.93. The van der Waals surface area contributed by atoms with Crippen LogP contribution < -0.4 is 33.8 Å². The highest BCUT2D eigenvalue weighted by Gasteiger charge is 2.36. The zero-order valence-corrected chi connectivity index (χ0v) is 26.9. The number of hydrogen-bond donors (Lipinski definition) is 1. The Morgan fingerprint density at radius 2 is 1.91 bits per heavy atom. The summed E-state index contributed by atoms with van der Waals surface area (Å²) in [6, 6.07) is 17.1. The molecule has 2 aliphatic rings. The number of methoxy groups -OCH3 is 1. The predicted octanol–water partition coefficient (Wildman–Crippen LogP) is 3.74. The van der Waals surface area contributed by atoms with Crippen molar-refractivity contribution in [2.24, 2.45) is 4.99 Å². The highest BCUT2D eigenvalue weighted by molar-refractivity contribution is 14.1. The number of thiazole rings is 1. The number of fused-ring (bicyclic) bond motifs is 2. The Kier molecular flexibility index (Phi) is 8.63. The Morgan fingerprint density at radius 3 is 2.64 bits per heavy atom. The molecule has 0 bridgehead atoms. The fourth-order valence-corrected chi connectivity index (χ4v) is 6.87. The van der Waals surface area contributed by atoms with Gasteiger partial charge in [0, 0.05) is 5.56 Å². The van der Waals surface area contributed by atoms with E-state index < -0.39 is 24.6 Å². The molecular weight excluding hydrogens is 715 g/mol. The van der Waals surface area contributed by atoms with E-state index >= 15 is 0 Å². The monoisotopic (exact) mass is 740 g/mol. The first-order valence-electron chi connectivity index (χ1n) is 13.7. The molecule has 0 spiro atoms.